The molecule has 0 N–H and O–H groups in total. The molecular weight excluding hydrogens is 256 g/mol. The van der Waals surface area contributed by atoms with E-state index in [1.807, 2.05) is 23.1 Å². The molecule has 0 radical (unpaired) electrons. The minimum absolute atomic E-state index is 0.0196. The maximum Gasteiger partial charge on any atom is 0.409 e. The van der Waals surface area contributed by atoms with Gasteiger partial charge in [-0.05, 0) is 18.1 Å². The van der Waals surface area contributed by atoms with E-state index in [1.165, 1.54) is 12.7 Å². The first kappa shape index (κ1) is 13.0. The monoisotopic (exact) mass is 274 g/mol. The number of rotatable bonds is 0. The molecule has 5 heteroatoms. The second-order valence-corrected chi connectivity index (χ2v) is 5.74. The predicted octanol–water partition coefficient (Wildman–Crippen LogP) is 1.66. The Morgan fingerprint density at radius 3 is 2.55 bits per heavy atom. The van der Waals surface area contributed by atoms with E-state index >= 15 is 0 Å². The van der Waals surface area contributed by atoms with Gasteiger partial charge < -0.3 is 14.5 Å². The maximum atomic E-state index is 11.9. The van der Waals surface area contributed by atoms with Crippen LogP contribution in [0.2, 0.25) is 0 Å². The van der Waals surface area contributed by atoms with Gasteiger partial charge in [-0.1, -0.05) is 18.2 Å². The molecule has 1 fully saturated rings. The van der Waals surface area contributed by atoms with Gasteiger partial charge in [-0.3, -0.25) is 4.79 Å². The van der Waals surface area contributed by atoms with Crippen LogP contribution in [0.4, 0.5) is 10.5 Å². The molecule has 0 bridgehead atoms. The number of hydrogen-bond donors (Lipinski definition) is 0. The molecule has 1 aromatic rings. The van der Waals surface area contributed by atoms with Crippen molar-refractivity contribution in [3.8, 4) is 0 Å². The van der Waals surface area contributed by atoms with Crippen LogP contribution in [0.15, 0.2) is 24.3 Å². The minimum atomic E-state index is -0.288. The van der Waals surface area contributed by atoms with E-state index in [4.69, 9.17) is 4.74 Å². The fraction of sp³-hybridized carbons (Fsp3) is 0.467. The van der Waals surface area contributed by atoms with Crippen LogP contribution < -0.4 is 4.90 Å². The number of ether oxygens (including phenoxy) is 1. The summed E-state index contributed by atoms with van der Waals surface area (Å²) < 4.78 is 4.74. The van der Waals surface area contributed by atoms with Crippen molar-refractivity contribution >= 4 is 17.7 Å². The number of hydrogen-bond acceptors (Lipinski definition) is 3. The first-order chi connectivity index (χ1) is 9.54. The largest absolute Gasteiger partial charge is 0.453 e. The van der Waals surface area contributed by atoms with Crippen LogP contribution in [0.5, 0.6) is 0 Å². The van der Waals surface area contributed by atoms with Crippen molar-refractivity contribution in [2.24, 2.45) is 5.41 Å². The first-order valence-electron chi connectivity index (χ1n) is 6.74. The Hall–Kier alpha value is -2.04. The Kier molecular flexibility index (Phi) is 2.92. The number of para-hydroxylation sites is 1. The van der Waals surface area contributed by atoms with E-state index < -0.39 is 0 Å². The second-order valence-electron chi connectivity index (χ2n) is 5.74. The summed E-state index contributed by atoms with van der Waals surface area (Å²) in [4.78, 5) is 26.9. The molecule has 2 heterocycles. The van der Waals surface area contributed by atoms with E-state index in [1.54, 1.807) is 11.8 Å². The molecule has 0 aliphatic carbocycles. The summed E-state index contributed by atoms with van der Waals surface area (Å²) >= 11 is 0. The third-order valence-corrected chi connectivity index (χ3v) is 4.21. The molecule has 0 aromatic heterocycles. The van der Waals surface area contributed by atoms with Gasteiger partial charge in [0, 0.05) is 37.7 Å². The molecule has 0 atom stereocenters. The number of carbonyl (C=O) groups is 2. The van der Waals surface area contributed by atoms with Crippen LogP contribution in [0.1, 0.15) is 12.5 Å². The zero-order chi connectivity index (χ0) is 14.3. The molecular formula is C15H18N2O3. The van der Waals surface area contributed by atoms with E-state index in [2.05, 4.69) is 6.07 Å². The molecule has 1 spiro atoms. The van der Waals surface area contributed by atoms with Crippen LogP contribution in [0.3, 0.4) is 0 Å². The highest BCUT2D eigenvalue weighted by Gasteiger charge is 2.49. The quantitative estimate of drug-likeness (QED) is 0.723. The highest BCUT2D eigenvalue weighted by molar-refractivity contribution is 5.93. The molecule has 2 aliphatic heterocycles. The molecule has 106 valence electrons. The zero-order valence-corrected chi connectivity index (χ0v) is 11.8. The number of carbonyl (C=O) groups excluding carboxylic acids is 2. The van der Waals surface area contributed by atoms with Gasteiger partial charge in [0.1, 0.15) is 0 Å². The smallest absolute Gasteiger partial charge is 0.409 e. The topological polar surface area (TPSA) is 49.9 Å². The molecule has 2 amide bonds. The third kappa shape index (κ3) is 1.94. The fourth-order valence-electron chi connectivity index (χ4n) is 3.32. The van der Waals surface area contributed by atoms with Crippen LogP contribution in [0.25, 0.3) is 0 Å². The van der Waals surface area contributed by atoms with Crippen molar-refractivity contribution in [3.63, 3.8) is 0 Å². The fourth-order valence-corrected chi connectivity index (χ4v) is 3.32. The van der Waals surface area contributed by atoms with Crippen molar-refractivity contribution in [2.75, 3.05) is 31.6 Å². The van der Waals surface area contributed by atoms with Crippen LogP contribution in [-0.4, -0.2) is 43.6 Å². The number of anilines is 1. The Bertz CT molecular complexity index is 564. The van der Waals surface area contributed by atoms with Crippen molar-refractivity contribution in [1.82, 2.24) is 4.90 Å². The van der Waals surface area contributed by atoms with E-state index in [9.17, 15) is 9.59 Å². The van der Waals surface area contributed by atoms with Gasteiger partial charge in [-0.15, -0.1) is 0 Å². The summed E-state index contributed by atoms with van der Waals surface area (Å²) in [6.07, 6.45) is 0.615. The lowest BCUT2D eigenvalue weighted by Crippen LogP contribution is -2.65. The van der Waals surface area contributed by atoms with Crippen molar-refractivity contribution in [1.29, 1.82) is 0 Å². The normalized spacial score (nSPS) is 19.3. The summed E-state index contributed by atoms with van der Waals surface area (Å²) in [6.45, 7) is 3.56. The summed E-state index contributed by atoms with van der Waals surface area (Å²) in [6, 6.07) is 7.99. The highest BCUT2D eigenvalue weighted by Crippen LogP contribution is 2.42. The average molecular weight is 274 g/mol. The average Bonchev–Trinajstić information content (AvgIpc) is 2.42. The summed E-state index contributed by atoms with van der Waals surface area (Å²) in [5, 5.41) is 0. The number of amides is 2. The molecule has 1 saturated heterocycles. The van der Waals surface area contributed by atoms with Crippen molar-refractivity contribution in [2.45, 2.75) is 13.3 Å². The Morgan fingerprint density at radius 1 is 1.20 bits per heavy atom. The van der Waals surface area contributed by atoms with E-state index in [0.717, 1.165) is 12.1 Å². The molecule has 20 heavy (non-hydrogen) atoms. The van der Waals surface area contributed by atoms with Crippen molar-refractivity contribution in [3.05, 3.63) is 29.8 Å². The molecule has 0 unspecified atom stereocenters. The van der Waals surface area contributed by atoms with Gasteiger partial charge in [-0.2, -0.15) is 0 Å². The minimum Gasteiger partial charge on any atom is -0.453 e. The summed E-state index contributed by atoms with van der Waals surface area (Å²) in [7, 11) is 1.39. The first-order valence-corrected chi connectivity index (χ1v) is 6.74. The molecule has 5 nitrogen and oxygen atoms in total. The standard InChI is InChI=1S/C15H18N2O3/c1-11(18)17-10-15(8-16(9-15)14(19)20-2)7-12-5-3-4-6-13(12)17/h3-6H,7-10H2,1-2H3. The van der Waals surface area contributed by atoms with Gasteiger partial charge >= 0.3 is 6.09 Å². The molecule has 1 aromatic carbocycles. The molecule has 0 saturated carbocycles. The van der Waals surface area contributed by atoms with E-state index in [0.29, 0.717) is 19.6 Å². The number of benzene rings is 1. The van der Waals surface area contributed by atoms with Gasteiger partial charge in [0.15, 0.2) is 0 Å². The third-order valence-electron chi connectivity index (χ3n) is 4.21. The lowest BCUT2D eigenvalue weighted by atomic mass is 9.72. The van der Waals surface area contributed by atoms with E-state index in [-0.39, 0.29) is 17.4 Å². The van der Waals surface area contributed by atoms with Gasteiger partial charge in [0.05, 0.1) is 7.11 Å². The van der Waals surface area contributed by atoms with Crippen LogP contribution in [0, 0.1) is 5.41 Å². The lowest BCUT2D eigenvalue weighted by Gasteiger charge is -2.53. The van der Waals surface area contributed by atoms with Crippen LogP contribution >= 0.6 is 0 Å². The number of likely N-dealkylation sites (tertiary alicyclic amines) is 1. The lowest BCUT2D eigenvalue weighted by molar-refractivity contribution is -0.117. The van der Waals surface area contributed by atoms with Gasteiger partial charge in [0.25, 0.3) is 0 Å². The molecule has 2 aliphatic rings. The Balaban J connectivity index is 1.85. The van der Waals surface area contributed by atoms with Crippen molar-refractivity contribution < 1.29 is 14.3 Å². The summed E-state index contributed by atoms with van der Waals surface area (Å²) in [5.74, 6) is 0.0491. The Morgan fingerprint density at radius 2 is 1.90 bits per heavy atom. The SMILES string of the molecule is COC(=O)N1CC2(Cc3ccccc3N(C(C)=O)C2)C1. The highest BCUT2D eigenvalue weighted by atomic mass is 16.5. The Labute approximate surface area is 118 Å². The maximum absolute atomic E-state index is 11.9. The van der Waals surface area contributed by atoms with Crippen LogP contribution in [-0.2, 0) is 16.0 Å². The van der Waals surface area contributed by atoms with Gasteiger partial charge in [-0.25, -0.2) is 4.79 Å². The van der Waals surface area contributed by atoms with Gasteiger partial charge in [0.2, 0.25) is 5.91 Å². The zero-order valence-electron chi connectivity index (χ0n) is 11.8. The predicted molar refractivity (Wildman–Crippen MR) is 74.6 cm³/mol. The number of nitrogens with zero attached hydrogens (tertiary/aromatic N) is 2. The second kappa shape index (κ2) is 4.51. The number of fused-ring (bicyclic) bond motifs is 1. The molecule has 3 rings (SSSR count). The summed E-state index contributed by atoms with van der Waals surface area (Å²) in [5.41, 5.74) is 2.16. The number of methoxy groups -OCH3 is 1.